The number of carbonyl (C=O) groups excluding carboxylic acids is 1. The number of carbonyl (C=O) groups is 1. The standard InChI is InChI=1S/C9H22N4O/c1-4-5-8(9(14)12-10)13(3)7-6-11-2/h8,11H,4-7,10H2,1-3H3,(H,12,14). The normalized spacial score (nSPS) is 12.9. The first-order valence-corrected chi connectivity index (χ1v) is 5.02. The molecule has 0 aromatic heterocycles. The van der Waals surface area contributed by atoms with Crippen LogP contribution in [0.15, 0.2) is 0 Å². The van der Waals surface area contributed by atoms with Gasteiger partial charge in [-0.3, -0.25) is 15.1 Å². The number of hydrazine groups is 1. The van der Waals surface area contributed by atoms with Crippen molar-refractivity contribution in [1.82, 2.24) is 15.6 Å². The van der Waals surface area contributed by atoms with Crippen molar-refractivity contribution in [2.24, 2.45) is 5.84 Å². The SMILES string of the molecule is CCCC(C(=O)NN)N(C)CCNC. The Balaban J connectivity index is 4.10. The number of hydrogen-bond acceptors (Lipinski definition) is 4. The van der Waals surface area contributed by atoms with E-state index >= 15 is 0 Å². The zero-order valence-corrected chi connectivity index (χ0v) is 9.34. The Kier molecular flexibility index (Phi) is 7.37. The number of rotatable bonds is 7. The van der Waals surface area contributed by atoms with Crippen LogP contribution in [0.2, 0.25) is 0 Å². The summed E-state index contributed by atoms with van der Waals surface area (Å²) in [6.45, 7) is 3.77. The molecule has 0 aliphatic carbocycles. The van der Waals surface area contributed by atoms with Crippen LogP contribution in [-0.4, -0.2) is 44.0 Å². The van der Waals surface area contributed by atoms with Crippen molar-refractivity contribution in [2.75, 3.05) is 27.2 Å². The molecule has 84 valence electrons. The van der Waals surface area contributed by atoms with Crippen LogP contribution in [-0.2, 0) is 4.79 Å². The molecular formula is C9H22N4O. The minimum Gasteiger partial charge on any atom is -0.318 e. The lowest BCUT2D eigenvalue weighted by Gasteiger charge is -2.25. The summed E-state index contributed by atoms with van der Waals surface area (Å²) in [5, 5.41) is 3.05. The Labute approximate surface area is 86.0 Å². The molecule has 0 aromatic rings. The number of amides is 1. The lowest BCUT2D eigenvalue weighted by molar-refractivity contribution is -0.126. The lowest BCUT2D eigenvalue weighted by Crippen LogP contribution is -2.48. The Morgan fingerprint density at radius 3 is 2.64 bits per heavy atom. The van der Waals surface area contributed by atoms with E-state index in [1.54, 1.807) is 0 Å². The second-order valence-electron chi connectivity index (χ2n) is 3.40. The number of likely N-dealkylation sites (N-methyl/N-ethyl adjacent to an activating group) is 2. The minimum absolute atomic E-state index is 0.106. The third-order valence-electron chi connectivity index (χ3n) is 2.25. The fourth-order valence-electron chi connectivity index (χ4n) is 1.37. The molecule has 0 saturated heterocycles. The molecule has 5 nitrogen and oxygen atoms in total. The van der Waals surface area contributed by atoms with Gasteiger partial charge in [0.15, 0.2) is 0 Å². The average molecular weight is 202 g/mol. The number of nitrogens with one attached hydrogen (secondary N) is 2. The molecule has 1 amide bonds. The predicted octanol–water partition coefficient (Wildman–Crippen LogP) is -0.704. The maximum atomic E-state index is 11.4. The molecular weight excluding hydrogens is 180 g/mol. The summed E-state index contributed by atoms with van der Waals surface area (Å²) < 4.78 is 0. The van der Waals surface area contributed by atoms with Gasteiger partial charge in [0.1, 0.15) is 0 Å². The number of nitrogens with zero attached hydrogens (tertiary/aromatic N) is 1. The minimum atomic E-state index is -0.113. The van der Waals surface area contributed by atoms with Gasteiger partial charge in [0.05, 0.1) is 6.04 Å². The number of nitrogens with two attached hydrogens (primary N) is 1. The first-order chi connectivity index (χ1) is 6.67. The quantitative estimate of drug-likeness (QED) is 0.290. The van der Waals surface area contributed by atoms with Gasteiger partial charge in [-0.15, -0.1) is 0 Å². The molecule has 5 heteroatoms. The van der Waals surface area contributed by atoms with Gasteiger partial charge in [-0.25, -0.2) is 5.84 Å². The second kappa shape index (κ2) is 7.73. The van der Waals surface area contributed by atoms with E-state index in [1.807, 2.05) is 19.0 Å². The molecule has 0 spiro atoms. The van der Waals surface area contributed by atoms with Crippen LogP contribution in [0, 0.1) is 0 Å². The number of hydrogen-bond donors (Lipinski definition) is 3. The highest BCUT2D eigenvalue weighted by molar-refractivity contribution is 5.81. The van der Waals surface area contributed by atoms with Crippen LogP contribution in [0.1, 0.15) is 19.8 Å². The van der Waals surface area contributed by atoms with Crippen LogP contribution in [0.25, 0.3) is 0 Å². The van der Waals surface area contributed by atoms with E-state index in [9.17, 15) is 4.79 Å². The summed E-state index contributed by atoms with van der Waals surface area (Å²) in [6.07, 6.45) is 1.81. The van der Waals surface area contributed by atoms with E-state index < -0.39 is 0 Å². The van der Waals surface area contributed by atoms with E-state index in [0.717, 1.165) is 25.9 Å². The van der Waals surface area contributed by atoms with E-state index in [-0.39, 0.29) is 11.9 Å². The van der Waals surface area contributed by atoms with Gasteiger partial charge < -0.3 is 5.32 Å². The van der Waals surface area contributed by atoms with E-state index in [4.69, 9.17) is 5.84 Å². The third-order valence-corrected chi connectivity index (χ3v) is 2.25. The topological polar surface area (TPSA) is 70.4 Å². The molecule has 0 radical (unpaired) electrons. The summed E-state index contributed by atoms with van der Waals surface area (Å²) in [5.41, 5.74) is 2.21. The summed E-state index contributed by atoms with van der Waals surface area (Å²) in [5.74, 6) is 5.02. The van der Waals surface area contributed by atoms with Crippen LogP contribution < -0.4 is 16.6 Å². The van der Waals surface area contributed by atoms with Gasteiger partial charge in [0, 0.05) is 13.1 Å². The molecule has 0 aliphatic rings. The summed E-state index contributed by atoms with van der Waals surface area (Å²) in [6, 6.07) is -0.113. The largest absolute Gasteiger partial charge is 0.318 e. The van der Waals surface area contributed by atoms with Gasteiger partial charge in [0.25, 0.3) is 5.91 Å². The van der Waals surface area contributed by atoms with Crippen molar-refractivity contribution in [2.45, 2.75) is 25.8 Å². The van der Waals surface area contributed by atoms with Crippen LogP contribution in [0.4, 0.5) is 0 Å². The smallest absolute Gasteiger partial charge is 0.251 e. The molecule has 0 rings (SSSR count). The van der Waals surface area contributed by atoms with Gasteiger partial charge in [-0.1, -0.05) is 13.3 Å². The molecule has 0 aromatic carbocycles. The van der Waals surface area contributed by atoms with Crippen molar-refractivity contribution in [3.05, 3.63) is 0 Å². The molecule has 0 fully saturated rings. The van der Waals surface area contributed by atoms with Crippen molar-refractivity contribution < 1.29 is 4.79 Å². The maximum Gasteiger partial charge on any atom is 0.251 e. The first-order valence-electron chi connectivity index (χ1n) is 5.02. The predicted molar refractivity (Wildman–Crippen MR) is 57.6 cm³/mol. The van der Waals surface area contributed by atoms with Crippen molar-refractivity contribution in [3.8, 4) is 0 Å². The van der Waals surface area contributed by atoms with E-state index in [1.165, 1.54) is 0 Å². The Morgan fingerprint density at radius 2 is 2.21 bits per heavy atom. The molecule has 4 N–H and O–H groups in total. The second-order valence-corrected chi connectivity index (χ2v) is 3.40. The highest BCUT2D eigenvalue weighted by Gasteiger charge is 2.20. The molecule has 0 saturated carbocycles. The van der Waals surface area contributed by atoms with E-state index in [0.29, 0.717) is 0 Å². The molecule has 0 aliphatic heterocycles. The lowest BCUT2D eigenvalue weighted by atomic mass is 10.1. The van der Waals surface area contributed by atoms with E-state index in [2.05, 4.69) is 17.7 Å². The summed E-state index contributed by atoms with van der Waals surface area (Å²) in [7, 11) is 3.83. The molecule has 1 atom stereocenters. The maximum absolute atomic E-state index is 11.4. The third kappa shape index (κ3) is 4.55. The Hall–Kier alpha value is -0.650. The summed E-state index contributed by atoms with van der Waals surface area (Å²) >= 11 is 0. The molecule has 1 unspecified atom stereocenters. The summed E-state index contributed by atoms with van der Waals surface area (Å²) in [4.78, 5) is 13.4. The first kappa shape index (κ1) is 13.4. The van der Waals surface area contributed by atoms with Gasteiger partial charge in [-0.05, 0) is 20.5 Å². The van der Waals surface area contributed by atoms with Crippen LogP contribution in [0.3, 0.4) is 0 Å². The zero-order chi connectivity index (χ0) is 11.0. The molecule has 0 bridgehead atoms. The zero-order valence-electron chi connectivity index (χ0n) is 9.34. The van der Waals surface area contributed by atoms with Crippen molar-refractivity contribution in [1.29, 1.82) is 0 Å². The van der Waals surface area contributed by atoms with Crippen LogP contribution in [0.5, 0.6) is 0 Å². The van der Waals surface area contributed by atoms with Gasteiger partial charge in [0.2, 0.25) is 0 Å². The van der Waals surface area contributed by atoms with Crippen molar-refractivity contribution >= 4 is 5.91 Å². The van der Waals surface area contributed by atoms with Crippen molar-refractivity contribution in [3.63, 3.8) is 0 Å². The molecule has 0 heterocycles. The van der Waals surface area contributed by atoms with Crippen LogP contribution >= 0.6 is 0 Å². The Bertz CT molecular complexity index is 163. The van der Waals surface area contributed by atoms with Gasteiger partial charge >= 0.3 is 0 Å². The Morgan fingerprint density at radius 1 is 1.57 bits per heavy atom. The average Bonchev–Trinajstić information content (AvgIpc) is 2.21. The fraction of sp³-hybridized carbons (Fsp3) is 0.889. The highest BCUT2D eigenvalue weighted by Crippen LogP contribution is 2.04. The monoisotopic (exact) mass is 202 g/mol. The van der Waals surface area contributed by atoms with Gasteiger partial charge in [-0.2, -0.15) is 0 Å². The highest BCUT2D eigenvalue weighted by atomic mass is 16.2. The molecule has 14 heavy (non-hydrogen) atoms. The fourth-order valence-corrected chi connectivity index (χ4v) is 1.37.